The van der Waals surface area contributed by atoms with Gasteiger partial charge in [0.05, 0.1) is 21.6 Å². The molecule has 0 aliphatic heterocycles. The highest BCUT2D eigenvalue weighted by atomic mass is 32.2. The first kappa shape index (κ1) is 16.8. The van der Waals surface area contributed by atoms with Gasteiger partial charge in [-0.2, -0.15) is 0 Å². The number of para-hydroxylation sites is 1. The van der Waals surface area contributed by atoms with Crippen LogP contribution in [0.15, 0.2) is 39.6 Å². The van der Waals surface area contributed by atoms with Gasteiger partial charge in [0.25, 0.3) is 5.56 Å². The summed E-state index contributed by atoms with van der Waals surface area (Å²) in [4.78, 5) is 22.0. The number of fused-ring (bicyclic) bond motifs is 1. The van der Waals surface area contributed by atoms with E-state index >= 15 is 0 Å². The molecule has 4 nitrogen and oxygen atoms in total. The Morgan fingerprint density at radius 3 is 2.84 bits per heavy atom. The molecule has 0 radical (unpaired) electrons. The summed E-state index contributed by atoms with van der Waals surface area (Å²) in [7, 11) is 1.79. The van der Waals surface area contributed by atoms with E-state index in [9.17, 15) is 4.79 Å². The van der Waals surface area contributed by atoms with E-state index in [2.05, 4.69) is 10.4 Å². The molecule has 0 saturated heterocycles. The van der Waals surface area contributed by atoms with Gasteiger partial charge >= 0.3 is 0 Å². The number of benzene rings is 1. The van der Waals surface area contributed by atoms with Crippen LogP contribution in [0.1, 0.15) is 48.7 Å². The van der Waals surface area contributed by atoms with E-state index in [1.165, 1.54) is 37.1 Å². The molecule has 2 heterocycles. The van der Waals surface area contributed by atoms with Gasteiger partial charge in [0, 0.05) is 24.1 Å². The zero-order valence-corrected chi connectivity index (χ0v) is 15.9. The molecule has 2 aromatic heterocycles. The first-order chi connectivity index (χ1) is 12.2. The van der Waals surface area contributed by atoms with Gasteiger partial charge < -0.3 is 0 Å². The molecule has 0 bridgehead atoms. The van der Waals surface area contributed by atoms with Crippen LogP contribution in [0.3, 0.4) is 0 Å². The van der Waals surface area contributed by atoms with E-state index in [1.54, 1.807) is 34.7 Å². The molecule has 0 amide bonds. The first-order valence-electron chi connectivity index (χ1n) is 8.75. The first-order valence-corrected chi connectivity index (χ1v) is 10.6. The van der Waals surface area contributed by atoms with Crippen LogP contribution in [0, 0.1) is 0 Å². The third-order valence-electron chi connectivity index (χ3n) is 4.82. The second-order valence-electron chi connectivity index (χ2n) is 6.58. The molecule has 0 unspecified atom stereocenters. The minimum atomic E-state index is 0.00859. The van der Waals surface area contributed by atoms with Crippen molar-refractivity contribution in [2.24, 2.45) is 7.05 Å². The number of hydrogen-bond donors (Lipinski definition) is 0. The maximum absolute atomic E-state index is 12.5. The molecular formula is C19H21N3OS2. The van der Waals surface area contributed by atoms with E-state index in [-0.39, 0.29) is 5.56 Å². The van der Waals surface area contributed by atoms with Crippen molar-refractivity contribution in [1.82, 2.24) is 14.5 Å². The number of aromatic nitrogens is 3. The number of thioether (sulfide) groups is 1. The molecule has 0 N–H and O–H groups in total. The summed E-state index contributed by atoms with van der Waals surface area (Å²) in [5.41, 5.74) is 1.86. The molecule has 25 heavy (non-hydrogen) atoms. The van der Waals surface area contributed by atoms with Crippen molar-refractivity contribution in [2.75, 3.05) is 0 Å². The van der Waals surface area contributed by atoms with E-state index in [4.69, 9.17) is 4.98 Å². The normalized spacial score (nSPS) is 15.7. The van der Waals surface area contributed by atoms with Crippen molar-refractivity contribution in [3.05, 3.63) is 50.7 Å². The molecular weight excluding hydrogens is 350 g/mol. The topological polar surface area (TPSA) is 47.8 Å². The second kappa shape index (κ2) is 7.30. The van der Waals surface area contributed by atoms with E-state index in [1.807, 2.05) is 24.3 Å². The predicted octanol–water partition coefficient (Wildman–Crippen LogP) is 4.73. The highest BCUT2D eigenvalue weighted by Crippen LogP contribution is 2.35. The lowest BCUT2D eigenvalue weighted by Gasteiger charge is -2.18. The van der Waals surface area contributed by atoms with Crippen molar-refractivity contribution < 1.29 is 0 Å². The Morgan fingerprint density at radius 1 is 1.20 bits per heavy atom. The Bertz CT molecular complexity index is 941. The lowest BCUT2D eigenvalue weighted by atomic mass is 9.90. The summed E-state index contributed by atoms with van der Waals surface area (Å²) < 4.78 is 1.64. The van der Waals surface area contributed by atoms with Crippen LogP contribution in [0.2, 0.25) is 0 Å². The Labute approximate surface area is 155 Å². The molecule has 6 heteroatoms. The van der Waals surface area contributed by atoms with Gasteiger partial charge in [-0.3, -0.25) is 9.36 Å². The molecule has 130 valence electrons. The molecule has 1 fully saturated rings. The van der Waals surface area contributed by atoms with E-state index in [0.29, 0.717) is 11.3 Å². The fraction of sp³-hybridized carbons (Fsp3) is 0.421. The van der Waals surface area contributed by atoms with Crippen LogP contribution in [0.25, 0.3) is 10.9 Å². The van der Waals surface area contributed by atoms with Gasteiger partial charge in [-0.05, 0) is 25.0 Å². The Kier molecular flexibility index (Phi) is 4.90. The standard InChI is InChI=1S/C19H21N3OS2/c1-22-18(23)15-9-5-6-10-16(15)21-19(22)25-12-14-11-24-17(20-14)13-7-3-2-4-8-13/h5-6,9-11,13H,2-4,7-8,12H2,1H3. The summed E-state index contributed by atoms with van der Waals surface area (Å²) in [5.74, 6) is 1.41. The molecule has 0 spiro atoms. The highest BCUT2D eigenvalue weighted by molar-refractivity contribution is 7.98. The molecule has 1 aromatic carbocycles. The minimum Gasteiger partial charge on any atom is -0.290 e. The number of rotatable bonds is 4. The number of thiazole rings is 1. The molecule has 1 aliphatic carbocycles. The predicted molar refractivity (Wildman–Crippen MR) is 104 cm³/mol. The zero-order valence-electron chi connectivity index (χ0n) is 14.3. The molecule has 1 saturated carbocycles. The van der Waals surface area contributed by atoms with Crippen LogP contribution >= 0.6 is 23.1 Å². The number of hydrogen-bond acceptors (Lipinski definition) is 5. The van der Waals surface area contributed by atoms with Gasteiger partial charge in [-0.1, -0.05) is 43.2 Å². The molecule has 4 rings (SSSR count). The van der Waals surface area contributed by atoms with Crippen LogP contribution in [0.4, 0.5) is 0 Å². The molecule has 3 aromatic rings. The Morgan fingerprint density at radius 2 is 2.00 bits per heavy atom. The van der Waals surface area contributed by atoms with Crippen LogP contribution in [-0.4, -0.2) is 14.5 Å². The van der Waals surface area contributed by atoms with Crippen molar-refractivity contribution in [1.29, 1.82) is 0 Å². The summed E-state index contributed by atoms with van der Waals surface area (Å²) in [6.45, 7) is 0. The third kappa shape index (κ3) is 3.51. The van der Waals surface area contributed by atoms with Gasteiger partial charge in [-0.25, -0.2) is 9.97 Å². The zero-order chi connectivity index (χ0) is 17.2. The van der Waals surface area contributed by atoms with Crippen molar-refractivity contribution in [2.45, 2.75) is 48.9 Å². The Hall–Kier alpha value is -1.66. The summed E-state index contributed by atoms with van der Waals surface area (Å²) in [6, 6.07) is 7.52. The average molecular weight is 372 g/mol. The summed E-state index contributed by atoms with van der Waals surface area (Å²) in [6.07, 6.45) is 6.59. The van der Waals surface area contributed by atoms with Gasteiger partial charge in [-0.15, -0.1) is 11.3 Å². The fourth-order valence-corrected chi connectivity index (χ4v) is 5.35. The van der Waals surface area contributed by atoms with Crippen LogP contribution in [-0.2, 0) is 12.8 Å². The SMILES string of the molecule is Cn1c(SCc2csc(C3CCCCC3)n2)nc2ccccc2c1=O. The second-order valence-corrected chi connectivity index (χ2v) is 8.41. The summed E-state index contributed by atoms with van der Waals surface area (Å²) >= 11 is 3.37. The molecule has 0 atom stereocenters. The monoisotopic (exact) mass is 371 g/mol. The van der Waals surface area contributed by atoms with Gasteiger partial charge in [0.2, 0.25) is 0 Å². The summed E-state index contributed by atoms with van der Waals surface area (Å²) in [5, 5.41) is 4.87. The highest BCUT2D eigenvalue weighted by Gasteiger charge is 2.19. The maximum Gasteiger partial charge on any atom is 0.261 e. The lowest BCUT2D eigenvalue weighted by Crippen LogP contribution is -2.19. The minimum absolute atomic E-state index is 0.00859. The fourth-order valence-electron chi connectivity index (χ4n) is 3.39. The van der Waals surface area contributed by atoms with E-state index < -0.39 is 0 Å². The van der Waals surface area contributed by atoms with Crippen LogP contribution < -0.4 is 5.56 Å². The van der Waals surface area contributed by atoms with Crippen molar-refractivity contribution >= 4 is 34.0 Å². The average Bonchev–Trinajstić information content (AvgIpc) is 3.13. The van der Waals surface area contributed by atoms with Crippen molar-refractivity contribution in [3.63, 3.8) is 0 Å². The maximum atomic E-state index is 12.5. The smallest absolute Gasteiger partial charge is 0.261 e. The molecule has 1 aliphatic rings. The van der Waals surface area contributed by atoms with Crippen molar-refractivity contribution in [3.8, 4) is 0 Å². The number of nitrogens with zero attached hydrogens (tertiary/aromatic N) is 3. The van der Waals surface area contributed by atoms with E-state index in [0.717, 1.165) is 22.1 Å². The van der Waals surface area contributed by atoms with Crippen LogP contribution in [0.5, 0.6) is 0 Å². The quantitative estimate of drug-likeness (QED) is 0.491. The van der Waals surface area contributed by atoms with Gasteiger partial charge in [0.15, 0.2) is 5.16 Å². The lowest BCUT2D eigenvalue weighted by molar-refractivity contribution is 0.442. The Balaban J connectivity index is 1.52. The largest absolute Gasteiger partial charge is 0.290 e. The third-order valence-corrected chi connectivity index (χ3v) is 6.93. The van der Waals surface area contributed by atoms with Gasteiger partial charge in [0.1, 0.15) is 0 Å².